The molecule has 0 atom stereocenters. The minimum absolute atomic E-state index is 0.784. The standard InChI is InChI=1S/C19H19Cl2N3/c20-15-5-6-18-16(11-15)14(12-22-18)13-23-7-9-24(10-8-23)19-4-2-1-3-17(19)21/h1-6,11-12,22H,7-10,13H2. The molecule has 3 nitrogen and oxygen atoms in total. The Kier molecular flexibility index (Phi) is 4.40. The highest BCUT2D eigenvalue weighted by atomic mass is 35.5. The normalized spacial score (nSPS) is 16.0. The average molecular weight is 360 g/mol. The third-order valence-electron chi connectivity index (χ3n) is 4.69. The van der Waals surface area contributed by atoms with Crippen molar-refractivity contribution in [2.24, 2.45) is 0 Å². The molecule has 5 heteroatoms. The zero-order chi connectivity index (χ0) is 16.5. The van der Waals surface area contributed by atoms with Crippen LogP contribution in [0.4, 0.5) is 5.69 Å². The van der Waals surface area contributed by atoms with E-state index in [0.717, 1.165) is 54.0 Å². The van der Waals surface area contributed by atoms with Gasteiger partial charge in [-0.2, -0.15) is 0 Å². The van der Waals surface area contributed by atoms with Crippen molar-refractivity contribution in [3.05, 3.63) is 64.3 Å². The van der Waals surface area contributed by atoms with Crippen LogP contribution in [0.2, 0.25) is 10.0 Å². The van der Waals surface area contributed by atoms with Crippen LogP contribution in [-0.4, -0.2) is 36.1 Å². The number of rotatable bonds is 3. The monoisotopic (exact) mass is 359 g/mol. The predicted molar refractivity (Wildman–Crippen MR) is 102 cm³/mol. The maximum absolute atomic E-state index is 6.32. The summed E-state index contributed by atoms with van der Waals surface area (Å²) in [7, 11) is 0. The van der Waals surface area contributed by atoms with Gasteiger partial charge in [0.2, 0.25) is 0 Å². The third-order valence-corrected chi connectivity index (χ3v) is 5.24. The van der Waals surface area contributed by atoms with E-state index in [2.05, 4.69) is 27.0 Å². The SMILES string of the molecule is Clc1ccc2[nH]cc(CN3CCN(c4ccccc4Cl)CC3)c2c1. The molecule has 124 valence electrons. The van der Waals surface area contributed by atoms with Gasteiger partial charge in [0.05, 0.1) is 10.7 Å². The first kappa shape index (κ1) is 15.8. The van der Waals surface area contributed by atoms with Crippen LogP contribution in [0.5, 0.6) is 0 Å². The minimum Gasteiger partial charge on any atom is -0.368 e. The Balaban J connectivity index is 1.44. The largest absolute Gasteiger partial charge is 0.368 e. The van der Waals surface area contributed by atoms with E-state index in [-0.39, 0.29) is 0 Å². The lowest BCUT2D eigenvalue weighted by molar-refractivity contribution is 0.250. The summed E-state index contributed by atoms with van der Waals surface area (Å²) < 4.78 is 0. The van der Waals surface area contributed by atoms with Crippen LogP contribution in [0.15, 0.2) is 48.7 Å². The van der Waals surface area contributed by atoms with Crippen molar-refractivity contribution in [3.63, 3.8) is 0 Å². The molecule has 0 radical (unpaired) electrons. The summed E-state index contributed by atoms with van der Waals surface area (Å²) in [6.45, 7) is 4.98. The zero-order valence-corrected chi connectivity index (χ0v) is 14.8. The second kappa shape index (κ2) is 6.67. The van der Waals surface area contributed by atoms with Crippen LogP contribution >= 0.6 is 23.2 Å². The van der Waals surface area contributed by atoms with Gasteiger partial charge in [0.25, 0.3) is 0 Å². The number of hydrogen-bond donors (Lipinski definition) is 1. The highest BCUT2D eigenvalue weighted by Gasteiger charge is 2.19. The summed E-state index contributed by atoms with van der Waals surface area (Å²) in [5.74, 6) is 0. The summed E-state index contributed by atoms with van der Waals surface area (Å²) in [5.41, 5.74) is 3.58. The topological polar surface area (TPSA) is 22.3 Å². The van der Waals surface area contributed by atoms with Gasteiger partial charge in [-0.3, -0.25) is 4.90 Å². The van der Waals surface area contributed by atoms with E-state index >= 15 is 0 Å². The number of anilines is 1. The average Bonchev–Trinajstić information content (AvgIpc) is 2.98. The number of nitrogens with zero attached hydrogens (tertiary/aromatic N) is 2. The number of aromatic amines is 1. The molecule has 1 aromatic heterocycles. The van der Waals surface area contributed by atoms with Crippen molar-refractivity contribution < 1.29 is 0 Å². The molecule has 0 amide bonds. The molecule has 0 bridgehead atoms. The van der Waals surface area contributed by atoms with Crippen molar-refractivity contribution in [2.75, 3.05) is 31.1 Å². The molecule has 1 N–H and O–H groups in total. The van der Waals surface area contributed by atoms with Gasteiger partial charge in [0, 0.05) is 54.8 Å². The Bertz CT molecular complexity index is 851. The van der Waals surface area contributed by atoms with Gasteiger partial charge in [-0.1, -0.05) is 35.3 Å². The molecule has 1 aliphatic heterocycles. The number of piperazine rings is 1. The molecular weight excluding hydrogens is 341 g/mol. The summed E-state index contributed by atoms with van der Waals surface area (Å²) in [6, 6.07) is 14.1. The van der Waals surface area contributed by atoms with E-state index in [9.17, 15) is 0 Å². The van der Waals surface area contributed by atoms with Crippen molar-refractivity contribution in [3.8, 4) is 0 Å². The number of para-hydroxylation sites is 1. The number of hydrogen-bond acceptors (Lipinski definition) is 2. The molecule has 0 saturated carbocycles. The number of halogens is 2. The Morgan fingerprint density at radius 3 is 2.54 bits per heavy atom. The van der Waals surface area contributed by atoms with Gasteiger partial charge in [-0.05, 0) is 35.9 Å². The van der Waals surface area contributed by atoms with Crippen molar-refractivity contribution in [1.29, 1.82) is 0 Å². The minimum atomic E-state index is 0.784. The molecular formula is C19H19Cl2N3. The highest BCUT2D eigenvalue weighted by Crippen LogP contribution is 2.27. The first-order chi connectivity index (χ1) is 11.7. The lowest BCUT2D eigenvalue weighted by Crippen LogP contribution is -2.46. The lowest BCUT2D eigenvalue weighted by atomic mass is 10.1. The molecule has 4 rings (SSSR count). The maximum atomic E-state index is 6.32. The van der Waals surface area contributed by atoms with E-state index in [1.54, 1.807) is 0 Å². The molecule has 1 aliphatic rings. The number of nitrogens with one attached hydrogen (secondary N) is 1. The van der Waals surface area contributed by atoms with Crippen LogP contribution in [0.1, 0.15) is 5.56 Å². The fourth-order valence-corrected chi connectivity index (χ4v) is 3.80. The van der Waals surface area contributed by atoms with Gasteiger partial charge < -0.3 is 9.88 Å². The van der Waals surface area contributed by atoms with Gasteiger partial charge in [0.15, 0.2) is 0 Å². The molecule has 0 aliphatic carbocycles. The van der Waals surface area contributed by atoms with Crippen molar-refractivity contribution >= 4 is 39.8 Å². The second-order valence-electron chi connectivity index (χ2n) is 6.22. The first-order valence-corrected chi connectivity index (χ1v) is 8.93. The van der Waals surface area contributed by atoms with Gasteiger partial charge in [-0.25, -0.2) is 0 Å². The number of aromatic nitrogens is 1. The number of fused-ring (bicyclic) bond motifs is 1. The van der Waals surface area contributed by atoms with Gasteiger partial charge in [-0.15, -0.1) is 0 Å². The van der Waals surface area contributed by atoms with E-state index in [1.807, 2.05) is 36.4 Å². The predicted octanol–water partition coefficient (Wildman–Crippen LogP) is 4.80. The second-order valence-corrected chi connectivity index (χ2v) is 7.06. The molecule has 0 spiro atoms. The number of benzene rings is 2. The molecule has 0 unspecified atom stereocenters. The summed E-state index contributed by atoms with van der Waals surface area (Å²) in [4.78, 5) is 8.18. The smallest absolute Gasteiger partial charge is 0.0639 e. The lowest BCUT2D eigenvalue weighted by Gasteiger charge is -2.36. The maximum Gasteiger partial charge on any atom is 0.0639 e. The van der Waals surface area contributed by atoms with E-state index in [4.69, 9.17) is 23.2 Å². The molecule has 3 aromatic rings. The molecule has 1 saturated heterocycles. The van der Waals surface area contributed by atoms with E-state index in [1.165, 1.54) is 10.9 Å². The van der Waals surface area contributed by atoms with Crippen molar-refractivity contribution in [1.82, 2.24) is 9.88 Å². The van der Waals surface area contributed by atoms with E-state index in [0.29, 0.717) is 0 Å². The van der Waals surface area contributed by atoms with Crippen LogP contribution in [0.3, 0.4) is 0 Å². The third kappa shape index (κ3) is 3.12. The number of H-pyrrole nitrogens is 1. The van der Waals surface area contributed by atoms with Crippen molar-refractivity contribution in [2.45, 2.75) is 6.54 Å². The zero-order valence-electron chi connectivity index (χ0n) is 13.3. The van der Waals surface area contributed by atoms with Crippen LogP contribution in [0, 0.1) is 0 Å². The van der Waals surface area contributed by atoms with Crippen LogP contribution in [0.25, 0.3) is 10.9 Å². The molecule has 24 heavy (non-hydrogen) atoms. The Morgan fingerprint density at radius 1 is 0.958 bits per heavy atom. The van der Waals surface area contributed by atoms with Gasteiger partial charge >= 0.3 is 0 Å². The molecule has 2 heterocycles. The quantitative estimate of drug-likeness (QED) is 0.725. The van der Waals surface area contributed by atoms with Gasteiger partial charge in [0.1, 0.15) is 0 Å². The summed E-state index contributed by atoms with van der Waals surface area (Å²) in [5, 5.41) is 2.83. The molecule has 2 aromatic carbocycles. The summed E-state index contributed by atoms with van der Waals surface area (Å²) >= 11 is 12.5. The highest BCUT2D eigenvalue weighted by molar-refractivity contribution is 6.33. The van der Waals surface area contributed by atoms with E-state index < -0.39 is 0 Å². The fourth-order valence-electron chi connectivity index (χ4n) is 3.38. The van der Waals surface area contributed by atoms with Crippen LogP contribution < -0.4 is 4.90 Å². The fraction of sp³-hybridized carbons (Fsp3) is 0.263. The Labute approximate surface area is 151 Å². The Hall–Kier alpha value is -1.68. The van der Waals surface area contributed by atoms with Crippen LogP contribution in [-0.2, 0) is 6.54 Å². The summed E-state index contributed by atoms with van der Waals surface area (Å²) in [6.07, 6.45) is 2.10. The Morgan fingerprint density at radius 2 is 1.75 bits per heavy atom. The first-order valence-electron chi connectivity index (χ1n) is 8.18. The molecule has 1 fully saturated rings.